The molecule has 0 aliphatic heterocycles. The van der Waals surface area contributed by atoms with Gasteiger partial charge in [0.25, 0.3) is 5.91 Å². The van der Waals surface area contributed by atoms with Crippen LogP contribution in [-0.4, -0.2) is 27.8 Å². The van der Waals surface area contributed by atoms with Crippen molar-refractivity contribution in [2.24, 2.45) is 41.4 Å². The largest absolute Gasteiger partial charge is 0.349 e. The Balaban J connectivity index is 0.953. The molecular weight excluding hydrogens is 472 g/mol. The summed E-state index contributed by atoms with van der Waals surface area (Å²) < 4.78 is 0. The second-order valence-corrected chi connectivity index (χ2v) is 13.1. The molecule has 6 nitrogen and oxygen atoms in total. The van der Waals surface area contributed by atoms with E-state index in [1.807, 2.05) is 42.5 Å². The van der Waals surface area contributed by atoms with Gasteiger partial charge in [-0.25, -0.2) is 4.98 Å². The van der Waals surface area contributed by atoms with Crippen molar-refractivity contribution in [2.75, 3.05) is 5.32 Å². The minimum atomic E-state index is 0.0381. The number of carbonyl (C=O) groups is 2. The highest BCUT2D eigenvalue weighted by atomic mass is 16.2. The van der Waals surface area contributed by atoms with Crippen LogP contribution in [0.4, 0.5) is 5.69 Å². The predicted octanol–water partition coefficient (Wildman–Crippen LogP) is 6.16. The van der Waals surface area contributed by atoms with Crippen molar-refractivity contribution in [1.82, 2.24) is 15.3 Å². The first kappa shape index (κ1) is 22.8. The number of nitrogens with zero attached hydrogens (tertiary/aromatic N) is 1. The SMILES string of the molecule is O=C(NC1C2CC3CC(C2)CC1C3)c1ccc2nc(-c3ccc(NC(=O)C4CC5CCC4C5)cc3)[nH]c2c1. The second kappa shape index (κ2) is 8.69. The van der Waals surface area contributed by atoms with Gasteiger partial charge in [0, 0.05) is 28.8 Å². The van der Waals surface area contributed by atoms with E-state index in [4.69, 9.17) is 4.98 Å². The van der Waals surface area contributed by atoms with E-state index in [9.17, 15) is 9.59 Å². The molecule has 2 aromatic carbocycles. The van der Waals surface area contributed by atoms with Crippen molar-refractivity contribution in [3.8, 4) is 11.4 Å². The van der Waals surface area contributed by atoms with E-state index < -0.39 is 0 Å². The molecule has 6 fully saturated rings. The number of aromatic amines is 1. The molecule has 2 amide bonds. The summed E-state index contributed by atoms with van der Waals surface area (Å²) in [7, 11) is 0. The molecule has 6 saturated carbocycles. The van der Waals surface area contributed by atoms with Gasteiger partial charge in [0.05, 0.1) is 11.0 Å². The Morgan fingerprint density at radius 3 is 2.21 bits per heavy atom. The zero-order chi connectivity index (χ0) is 25.4. The number of aromatic nitrogens is 2. The molecule has 0 radical (unpaired) electrons. The number of nitrogens with one attached hydrogen (secondary N) is 3. The van der Waals surface area contributed by atoms with Crippen molar-refractivity contribution >= 4 is 28.5 Å². The van der Waals surface area contributed by atoms with Crippen molar-refractivity contribution < 1.29 is 9.59 Å². The van der Waals surface area contributed by atoms with Crippen molar-refractivity contribution in [3.05, 3.63) is 48.0 Å². The van der Waals surface area contributed by atoms with Gasteiger partial charge >= 0.3 is 0 Å². The molecule has 3 N–H and O–H groups in total. The van der Waals surface area contributed by atoms with E-state index in [1.165, 1.54) is 51.4 Å². The number of imidazole rings is 1. The average Bonchev–Trinajstić information content (AvgIpc) is 3.66. The maximum absolute atomic E-state index is 13.2. The van der Waals surface area contributed by atoms with Crippen LogP contribution < -0.4 is 10.6 Å². The van der Waals surface area contributed by atoms with Crippen LogP contribution in [0.25, 0.3) is 22.4 Å². The third-order valence-electron chi connectivity index (χ3n) is 10.8. The second-order valence-electron chi connectivity index (χ2n) is 13.1. The summed E-state index contributed by atoms with van der Waals surface area (Å²) in [4.78, 5) is 34.2. The summed E-state index contributed by atoms with van der Waals surface area (Å²) in [6.45, 7) is 0. The molecule has 0 spiro atoms. The number of hydrogen-bond acceptors (Lipinski definition) is 3. The quantitative estimate of drug-likeness (QED) is 0.386. The van der Waals surface area contributed by atoms with E-state index in [0.717, 1.165) is 52.3 Å². The highest BCUT2D eigenvalue weighted by Gasteiger charge is 2.48. The van der Waals surface area contributed by atoms with Crippen LogP contribution in [0.2, 0.25) is 0 Å². The van der Waals surface area contributed by atoms with Gasteiger partial charge in [0.15, 0.2) is 0 Å². The zero-order valence-electron chi connectivity index (χ0n) is 21.8. The minimum Gasteiger partial charge on any atom is -0.349 e. The summed E-state index contributed by atoms with van der Waals surface area (Å²) in [5.41, 5.74) is 4.20. The fourth-order valence-electron chi connectivity index (χ4n) is 9.20. The zero-order valence-corrected chi connectivity index (χ0v) is 21.8. The molecule has 6 heteroatoms. The Morgan fingerprint density at radius 1 is 0.789 bits per heavy atom. The monoisotopic (exact) mass is 508 g/mol. The van der Waals surface area contributed by atoms with Crippen LogP contribution in [0.15, 0.2) is 42.5 Å². The molecule has 38 heavy (non-hydrogen) atoms. The Labute approximate surface area is 223 Å². The van der Waals surface area contributed by atoms with Crippen molar-refractivity contribution in [1.29, 1.82) is 0 Å². The molecule has 6 aliphatic rings. The lowest BCUT2D eigenvalue weighted by molar-refractivity contribution is -0.121. The summed E-state index contributed by atoms with van der Waals surface area (Å²) >= 11 is 0. The molecule has 0 saturated heterocycles. The number of hydrogen-bond donors (Lipinski definition) is 3. The molecule has 1 aromatic heterocycles. The van der Waals surface area contributed by atoms with E-state index >= 15 is 0 Å². The van der Waals surface area contributed by atoms with Gasteiger partial charge < -0.3 is 15.6 Å². The van der Waals surface area contributed by atoms with Crippen LogP contribution in [0.5, 0.6) is 0 Å². The third kappa shape index (κ3) is 3.87. The fraction of sp³-hybridized carbons (Fsp3) is 0.531. The average molecular weight is 509 g/mol. The maximum Gasteiger partial charge on any atom is 0.251 e. The summed E-state index contributed by atoms with van der Waals surface area (Å²) in [5, 5.41) is 6.56. The number of amides is 2. The van der Waals surface area contributed by atoms with Gasteiger partial charge in [-0.3, -0.25) is 9.59 Å². The minimum absolute atomic E-state index is 0.0381. The lowest BCUT2D eigenvalue weighted by Gasteiger charge is -2.54. The van der Waals surface area contributed by atoms with Gasteiger partial charge in [-0.2, -0.15) is 0 Å². The van der Waals surface area contributed by atoms with Gasteiger partial charge in [0.2, 0.25) is 5.91 Å². The normalized spacial score (nSPS) is 34.6. The number of benzene rings is 2. The van der Waals surface area contributed by atoms with Crippen molar-refractivity contribution in [2.45, 2.75) is 63.8 Å². The van der Waals surface area contributed by atoms with Gasteiger partial charge in [-0.1, -0.05) is 6.42 Å². The molecule has 3 atom stereocenters. The highest BCUT2D eigenvalue weighted by molar-refractivity contribution is 5.98. The molecule has 6 bridgehead atoms. The van der Waals surface area contributed by atoms with Gasteiger partial charge in [-0.05, 0) is 129 Å². The van der Waals surface area contributed by atoms with E-state index in [2.05, 4.69) is 15.6 Å². The lowest BCUT2D eigenvalue weighted by Crippen LogP contribution is -2.55. The molecule has 1 heterocycles. The Morgan fingerprint density at radius 2 is 1.53 bits per heavy atom. The first-order valence-corrected chi connectivity index (χ1v) is 14.8. The number of fused-ring (bicyclic) bond motifs is 3. The molecule has 3 aromatic rings. The number of rotatable bonds is 5. The molecule has 6 aliphatic carbocycles. The fourth-order valence-corrected chi connectivity index (χ4v) is 9.20. The summed E-state index contributed by atoms with van der Waals surface area (Å²) in [6, 6.07) is 14.0. The number of H-pyrrole nitrogens is 1. The van der Waals surface area contributed by atoms with Gasteiger partial charge in [-0.15, -0.1) is 0 Å². The standard InChI is InChI=1S/C32H36N4O2/c37-31(36-29-23-11-18-9-19(13-23)14-24(29)12-18)22-5-8-27-28(16-22)35-30(34-27)20-3-6-25(7-4-20)33-32(38)26-15-17-1-2-21(26)10-17/h3-8,16-19,21,23-24,26,29H,1-2,9-15H2,(H,33,38)(H,34,35)(H,36,37). The lowest BCUT2D eigenvalue weighted by atomic mass is 9.54. The Hall–Kier alpha value is -3.15. The van der Waals surface area contributed by atoms with E-state index in [1.54, 1.807) is 0 Å². The van der Waals surface area contributed by atoms with Crippen LogP contribution in [0.3, 0.4) is 0 Å². The van der Waals surface area contributed by atoms with Crippen LogP contribution in [-0.2, 0) is 4.79 Å². The molecule has 9 rings (SSSR count). The molecule has 3 unspecified atom stereocenters. The predicted molar refractivity (Wildman–Crippen MR) is 147 cm³/mol. The highest BCUT2D eigenvalue weighted by Crippen LogP contribution is 2.53. The number of carbonyl (C=O) groups excluding carboxylic acids is 2. The summed E-state index contributed by atoms with van der Waals surface area (Å²) in [6.07, 6.45) is 11.4. The summed E-state index contributed by atoms with van der Waals surface area (Å²) in [5.74, 6) is 5.63. The maximum atomic E-state index is 13.2. The first-order chi connectivity index (χ1) is 18.6. The first-order valence-electron chi connectivity index (χ1n) is 14.8. The molecular formula is C32H36N4O2. The van der Waals surface area contributed by atoms with Crippen LogP contribution in [0.1, 0.15) is 68.1 Å². The van der Waals surface area contributed by atoms with Crippen LogP contribution >= 0.6 is 0 Å². The Bertz CT molecular complexity index is 1380. The topological polar surface area (TPSA) is 86.9 Å². The number of anilines is 1. The third-order valence-corrected chi connectivity index (χ3v) is 10.8. The van der Waals surface area contributed by atoms with E-state index in [-0.39, 0.29) is 17.7 Å². The van der Waals surface area contributed by atoms with E-state index in [0.29, 0.717) is 29.4 Å². The smallest absolute Gasteiger partial charge is 0.251 e. The molecule has 196 valence electrons. The van der Waals surface area contributed by atoms with Crippen LogP contribution in [0, 0.1) is 41.4 Å². The van der Waals surface area contributed by atoms with Gasteiger partial charge in [0.1, 0.15) is 5.82 Å². The Kier molecular flexibility index (Phi) is 5.21. The van der Waals surface area contributed by atoms with Crippen molar-refractivity contribution in [3.63, 3.8) is 0 Å².